The normalized spacial score (nSPS) is 16.6. The SMILES string of the molecule is CCC1CC(=O)N(Cc2ccc(NOC)cc2)N=C1c1ccc(OC)c(OC(F)(F)F)c1. The summed E-state index contributed by atoms with van der Waals surface area (Å²) in [5, 5.41) is 5.86. The van der Waals surface area contributed by atoms with Gasteiger partial charge in [0.2, 0.25) is 5.91 Å². The first-order valence-corrected chi connectivity index (χ1v) is 9.95. The van der Waals surface area contributed by atoms with Gasteiger partial charge in [0.1, 0.15) is 0 Å². The van der Waals surface area contributed by atoms with E-state index in [1.54, 1.807) is 18.2 Å². The first kappa shape index (κ1) is 23.4. The van der Waals surface area contributed by atoms with Crippen molar-refractivity contribution < 1.29 is 32.3 Å². The molecule has 0 aliphatic carbocycles. The summed E-state index contributed by atoms with van der Waals surface area (Å²) in [7, 11) is 2.77. The molecule has 172 valence electrons. The molecule has 1 aliphatic rings. The van der Waals surface area contributed by atoms with E-state index >= 15 is 0 Å². The zero-order valence-electron chi connectivity index (χ0n) is 17.9. The van der Waals surface area contributed by atoms with Crippen molar-refractivity contribution in [3.63, 3.8) is 0 Å². The minimum absolute atomic E-state index is 0.0479. The van der Waals surface area contributed by atoms with E-state index in [1.165, 1.54) is 31.4 Å². The highest BCUT2D eigenvalue weighted by Gasteiger charge is 2.34. The van der Waals surface area contributed by atoms with Crippen LogP contribution in [0.1, 0.15) is 30.9 Å². The third-order valence-electron chi connectivity index (χ3n) is 5.01. The number of ether oxygens (including phenoxy) is 2. The van der Waals surface area contributed by atoms with Crippen molar-refractivity contribution in [1.82, 2.24) is 5.01 Å². The molecule has 2 aromatic rings. The fraction of sp³-hybridized carbons (Fsp3) is 0.364. The van der Waals surface area contributed by atoms with E-state index in [9.17, 15) is 18.0 Å². The van der Waals surface area contributed by atoms with Gasteiger partial charge < -0.3 is 9.47 Å². The highest BCUT2D eigenvalue weighted by Crippen LogP contribution is 2.35. The number of anilines is 1. The van der Waals surface area contributed by atoms with Crippen molar-refractivity contribution >= 4 is 17.3 Å². The third-order valence-corrected chi connectivity index (χ3v) is 5.01. The lowest BCUT2D eigenvalue weighted by Gasteiger charge is -2.29. The lowest BCUT2D eigenvalue weighted by molar-refractivity contribution is -0.275. The maximum absolute atomic E-state index is 12.8. The largest absolute Gasteiger partial charge is 0.573 e. The molecule has 1 N–H and O–H groups in total. The van der Waals surface area contributed by atoms with Gasteiger partial charge in [0, 0.05) is 17.9 Å². The van der Waals surface area contributed by atoms with E-state index in [0.29, 0.717) is 17.7 Å². The molecule has 0 fully saturated rings. The molecule has 2 aromatic carbocycles. The first-order chi connectivity index (χ1) is 15.2. The molecule has 0 bridgehead atoms. The molecular formula is C22H24F3N3O4. The Morgan fingerprint density at radius 3 is 2.44 bits per heavy atom. The van der Waals surface area contributed by atoms with Gasteiger partial charge in [-0.05, 0) is 42.3 Å². The van der Waals surface area contributed by atoms with Crippen molar-refractivity contribution in [2.45, 2.75) is 32.7 Å². The van der Waals surface area contributed by atoms with Gasteiger partial charge in [-0.2, -0.15) is 5.10 Å². The molecule has 1 heterocycles. The molecule has 7 nitrogen and oxygen atoms in total. The number of rotatable bonds is 8. The Hall–Kier alpha value is -3.27. The summed E-state index contributed by atoms with van der Waals surface area (Å²) in [4.78, 5) is 17.5. The van der Waals surface area contributed by atoms with Crippen LogP contribution in [0.2, 0.25) is 0 Å². The van der Waals surface area contributed by atoms with E-state index in [1.807, 2.05) is 19.1 Å². The average molecular weight is 451 g/mol. The number of methoxy groups -OCH3 is 1. The van der Waals surface area contributed by atoms with Crippen molar-refractivity contribution in [1.29, 1.82) is 0 Å². The summed E-state index contributed by atoms with van der Waals surface area (Å²) in [5.74, 6) is -0.882. The van der Waals surface area contributed by atoms with Gasteiger partial charge in [-0.15, -0.1) is 13.2 Å². The number of alkyl halides is 3. The van der Waals surface area contributed by atoms with Gasteiger partial charge in [0.05, 0.1) is 32.2 Å². The molecule has 0 saturated carbocycles. The van der Waals surface area contributed by atoms with Crippen molar-refractivity contribution in [3.8, 4) is 11.5 Å². The molecule has 1 amide bonds. The van der Waals surface area contributed by atoms with Crippen LogP contribution < -0.4 is 15.0 Å². The van der Waals surface area contributed by atoms with Crippen LogP contribution in [0.5, 0.6) is 11.5 Å². The number of nitrogens with one attached hydrogen (secondary N) is 1. The Labute approximate surface area is 183 Å². The fourth-order valence-electron chi connectivity index (χ4n) is 3.44. The molecule has 0 aromatic heterocycles. The number of nitrogens with zero attached hydrogens (tertiary/aromatic N) is 2. The van der Waals surface area contributed by atoms with Crippen molar-refractivity contribution in [3.05, 3.63) is 53.6 Å². The van der Waals surface area contributed by atoms with Crippen molar-refractivity contribution in [2.24, 2.45) is 11.0 Å². The Bertz CT molecular complexity index is 977. The standard InChI is InChI=1S/C22H24F3N3O4/c1-4-15-12-20(29)28(13-14-5-8-17(9-6-14)27-31-3)26-21(15)16-7-10-18(30-2)19(11-16)32-22(23,24)25/h5-11,15,27H,4,12-13H2,1-3H3. The molecule has 0 saturated heterocycles. The lowest BCUT2D eigenvalue weighted by atomic mass is 9.89. The second kappa shape index (κ2) is 9.90. The first-order valence-electron chi connectivity index (χ1n) is 9.95. The maximum atomic E-state index is 12.8. The van der Waals surface area contributed by atoms with E-state index < -0.39 is 12.1 Å². The molecule has 1 atom stereocenters. The molecular weight excluding hydrogens is 427 g/mol. The number of hydrazone groups is 1. The van der Waals surface area contributed by atoms with Crippen LogP contribution in [0.15, 0.2) is 47.6 Å². The van der Waals surface area contributed by atoms with Crippen LogP contribution in [-0.4, -0.2) is 37.2 Å². The predicted octanol–water partition coefficient (Wildman–Crippen LogP) is 4.73. The minimum atomic E-state index is -4.86. The number of carbonyl (C=O) groups excluding carboxylic acids is 1. The summed E-state index contributed by atoms with van der Waals surface area (Å²) in [5.41, 5.74) is 5.27. The highest BCUT2D eigenvalue weighted by molar-refractivity contribution is 6.06. The summed E-state index contributed by atoms with van der Waals surface area (Å²) >= 11 is 0. The topological polar surface area (TPSA) is 72.4 Å². The molecule has 32 heavy (non-hydrogen) atoms. The van der Waals surface area contributed by atoms with Crippen LogP contribution in [-0.2, 0) is 16.2 Å². The Balaban J connectivity index is 1.92. The summed E-state index contributed by atoms with van der Waals surface area (Å²) in [6.45, 7) is 2.13. The van der Waals surface area contributed by atoms with Gasteiger partial charge in [-0.25, -0.2) is 5.01 Å². The number of halogens is 3. The summed E-state index contributed by atoms with van der Waals surface area (Å²) in [6, 6.07) is 11.5. The highest BCUT2D eigenvalue weighted by atomic mass is 19.4. The number of hydrogen-bond donors (Lipinski definition) is 1. The molecule has 0 radical (unpaired) electrons. The third kappa shape index (κ3) is 5.70. The van der Waals surface area contributed by atoms with Crippen LogP contribution >= 0.6 is 0 Å². The van der Waals surface area contributed by atoms with E-state index in [4.69, 9.17) is 9.57 Å². The van der Waals surface area contributed by atoms with E-state index in [2.05, 4.69) is 15.3 Å². The minimum Gasteiger partial charge on any atom is -0.493 e. The Morgan fingerprint density at radius 1 is 1.12 bits per heavy atom. The van der Waals surface area contributed by atoms with Crippen LogP contribution in [0.25, 0.3) is 0 Å². The Kier molecular flexibility index (Phi) is 7.24. The van der Waals surface area contributed by atoms with Gasteiger partial charge >= 0.3 is 6.36 Å². The molecule has 10 heteroatoms. The number of hydrogen-bond acceptors (Lipinski definition) is 6. The molecule has 0 spiro atoms. The lowest BCUT2D eigenvalue weighted by Crippen LogP contribution is -2.36. The summed E-state index contributed by atoms with van der Waals surface area (Å²) in [6.07, 6.45) is -4.05. The zero-order valence-corrected chi connectivity index (χ0v) is 17.9. The summed E-state index contributed by atoms with van der Waals surface area (Å²) < 4.78 is 47.6. The molecule has 1 unspecified atom stereocenters. The average Bonchev–Trinajstić information content (AvgIpc) is 2.75. The van der Waals surface area contributed by atoms with Gasteiger partial charge in [-0.3, -0.25) is 15.1 Å². The van der Waals surface area contributed by atoms with Gasteiger partial charge in [0.25, 0.3) is 0 Å². The zero-order chi connectivity index (χ0) is 23.3. The van der Waals surface area contributed by atoms with E-state index in [-0.39, 0.29) is 30.5 Å². The second-order valence-corrected chi connectivity index (χ2v) is 7.16. The maximum Gasteiger partial charge on any atom is 0.573 e. The van der Waals surface area contributed by atoms with Crippen LogP contribution in [0.3, 0.4) is 0 Å². The van der Waals surface area contributed by atoms with Gasteiger partial charge in [0.15, 0.2) is 11.5 Å². The fourth-order valence-corrected chi connectivity index (χ4v) is 3.44. The van der Waals surface area contributed by atoms with Crippen LogP contribution in [0, 0.1) is 5.92 Å². The second-order valence-electron chi connectivity index (χ2n) is 7.16. The number of carbonyl (C=O) groups is 1. The molecule has 3 rings (SSSR count). The van der Waals surface area contributed by atoms with Gasteiger partial charge in [-0.1, -0.05) is 19.1 Å². The van der Waals surface area contributed by atoms with Crippen molar-refractivity contribution in [2.75, 3.05) is 19.7 Å². The number of benzene rings is 2. The molecule has 1 aliphatic heterocycles. The monoisotopic (exact) mass is 451 g/mol. The smallest absolute Gasteiger partial charge is 0.493 e. The predicted molar refractivity (Wildman–Crippen MR) is 112 cm³/mol. The Morgan fingerprint density at radius 2 is 1.84 bits per heavy atom. The number of amides is 1. The van der Waals surface area contributed by atoms with Crippen LogP contribution in [0.4, 0.5) is 18.9 Å². The van der Waals surface area contributed by atoms with E-state index in [0.717, 1.165) is 11.3 Å². The quantitative estimate of drug-likeness (QED) is 0.588.